The van der Waals surface area contributed by atoms with Gasteiger partial charge in [-0.1, -0.05) is 12.1 Å². The highest BCUT2D eigenvalue weighted by Gasteiger charge is 2.41. The number of hydrogen-bond donors (Lipinski definition) is 1. The lowest BCUT2D eigenvalue weighted by atomic mass is 10.1. The zero-order valence-corrected chi connectivity index (χ0v) is 15.3. The Morgan fingerprint density at radius 3 is 2.59 bits per heavy atom. The minimum Gasteiger partial charge on any atom is -0.396 e. The Bertz CT molecular complexity index is 1050. The zero-order valence-electron chi connectivity index (χ0n) is 14.5. The van der Waals surface area contributed by atoms with E-state index in [9.17, 15) is 23.1 Å². The van der Waals surface area contributed by atoms with Gasteiger partial charge in [0.15, 0.2) is 4.96 Å². The number of thiazole rings is 1. The fourth-order valence-corrected chi connectivity index (χ4v) is 4.53. The van der Waals surface area contributed by atoms with Crippen molar-refractivity contribution in [3.8, 4) is 0 Å². The molecule has 1 fully saturated rings. The van der Waals surface area contributed by atoms with Gasteiger partial charge in [0, 0.05) is 35.6 Å². The summed E-state index contributed by atoms with van der Waals surface area (Å²) < 4.78 is 39.6. The molecule has 0 bridgehead atoms. The third-order valence-electron chi connectivity index (χ3n) is 4.96. The van der Waals surface area contributed by atoms with Crippen LogP contribution < -0.4 is 5.56 Å². The molecule has 0 saturated heterocycles. The number of nitrogens with zero attached hydrogens (tertiary/aromatic N) is 2. The number of aromatic nitrogens is 2. The Balaban J connectivity index is 1.65. The molecule has 1 saturated carbocycles. The third kappa shape index (κ3) is 3.39. The van der Waals surface area contributed by atoms with Crippen molar-refractivity contribution < 1.29 is 18.3 Å². The van der Waals surface area contributed by atoms with Crippen LogP contribution in [0.1, 0.15) is 39.7 Å². The van der Waals surface area contributed by atoms with Gasteiger partial charge in [-0.3, -0.25) is 9.20 Å². The predicted molar refractivity (Wildman–Crippen MR) is 96.3 cm³/mol. The average Bonchev–Trinajstić information content (AvgIpc) is 3.29. The molecule has 4 rings (SSSR count). The standard InChI is InChI=1S/C19H17F3N2O2S/c1-10-17(15-7-12(15)9-25)24-16(26)8-14(23-18(24)27-10)6-11-2-4-13(5-3-11)19(20,21)22/h2-5,8,12,15,25H,6-7,9H2,1H3. The van der Waals surface area contributed by atoms with E-state index < -0.39 is 11.7 Å². The molecule has 2 unspecified atom stereocenters. The highest BCUT2D eigenvalue weighted by molar-refractivity contribution is 7.17. The highest BCUT2D eigenvalue weighted by atomic mass is 32.1. The van der Waals surface area contributed by atoms with Gasteiger partial charge in [0.1, 0.15) is 0 Å². The van der Waals surface area contributed by atoms with E-state index in [0.29, 0.717) is 22.6 Å². The summed E-state index contributed by atoms with van der Waals surface area (Å²) in [6.45, 7) is 2.05. The molecule has 0 amide bonds. The molecule has 2 heterocycles. The normalized spacial score (nSPS) is 19.6. The Morgan fingerprint density at radius 2 is 2.00 bits per heavy atom. The number of aliphatic hydroxyl groups excluding tert-OH is 1. The maximum Gasteiger partial charge on any atom is 0.416 e. The maximum atomic E-state index is 12.7. The molecule has 8 heteroatoms. The summed E-state index contributed by atoms with van der Waals surface area (Å²) in [5, 5.41) is 9.32. The summed E-state index contributed by atoms with van der Waals surface area (Å²) in [4.78, 5) is 18.8. The number of aryl methyl sites for hydroxylation is 1. The minimum absolute atomic E-state index is 0.107. The van der Waals surface area contributed by atoms with Crippen LogP contribution in [0.4, 0.5) is 13.2 Å². The van der Waals surface area contributed by atoms with E-state index in [-0.39, 0.29) is 24.0 Å². The topological polar surface area (TPSA) is 54.6 Å². The second-order valence-corrected chi connectivity index (χ2v) is 8.09. The molecule has 1 aromatic carbocycles. The molecule has 142 valence electrons. The molecule has 2 aromatic heterocycles. The van der Waals surface area contributed by atoms with Crippen molar-refractivity contribution in [1.29, 1.82) is 0 Å². The van der Waals surface area contributed by atoms with Crippen molar-refractivity contribution in [3.63, 3.8) is 0 Å². The molecule has 1 aliphatic rings. The van der Waals surface area contributed by atoms with Crippen molar-refractivity contribution in [3.05, 3.63) is 68.1 Å². The van der Waals surface area contributed by atoms with Gasteiger partial charge >= 0.3 is 6.18 Å². The number of aliphatic hydroxyl groups is 1. The van der Waals surface area contributed by atoms with Crippen LogP contribution in [-0.2, 0) is 12.6 Å². The van der Waals surface area contributed by atoms with E-state index >= 15 is 0 Å². The van der Waals surface area contributed by atoms with E-state index in [1.165, 1.54) is 29.5 Å². The SMILES string of the molecule is Cc1sc2nc(Cc3ccc(C(F)(F)F)cc3)cc(=O)n2c1C1CC1CO. The number of halogens is 3. The number of fused-ring (bicyclic) bond motifs is 1. The second-order valence-electron chi connectivity index (χ2n) is 6.90. The van der Waals surface area contributed by atoms with Gasteiger partial charge in [0.2, 0.25) is 0 Å². The monoisotopic (exact) mass is 394 g/mol. The number of alkyl halides is 3. The average molecular weight is 394 g/mol. The summed E-state index contributed by atoms with van der Waals surface area (Å²) in [5.41, 5.74) is 1.23. The van der Waals surface area contributed by atoms with Crippen molar-refractivity contribution >= 4 is 16.3 Å². The van der Waals surface area contributed by atoms with E-state index in [1.807, 2.05) is 6.92 Å². The molecule has 1 aliphatic carbocycles. The minimum atomic E-state index is -4.37. The summed E-state index contributed by atoms with van der Waals surface area (Å²) in [6, 6.07) is 6.34. The zero-order chi connectivity index (χ0) is 19.3. The predicted octanol–water partition coefficient (Wildman–Crippen LogP) is 3.77. The number of hydrogen-bond acceptors (Lipinski definition) is 4. The Kier molecular flexibility index (Phi) is 4.35. The smallest absolute Gasteiger partial charge is 0.396 e. The number of benzene rings is 1. The highest BCUT2D eigenvalue weighted by Crippen LogP contribution is 2.49. The fourth-order valence-electron chi connectivity index (χ4n) is 3.47. The van der Waals surface area contributed by atoms with Crippen LogP contribution in [0.5, 0.6) is 0 Å². The van der Waals surface area contributed by atoms with Crippen LogP contribution in [0, 0.1) is 12.8 Å². The van der Waals surface area contributed by atoms with Crippen molar-refractivity contribution in [2.75, 3.05) is 6.61 Å². The number of rotatable bonds is 4. The van der Waals surface area contributed by atoms with Crippen LogP contribution in [0.3, 0.4) is 0 Å². The molecular formula is C19H17F3N2O2S. The lowest BCUT2D eigenvalue weighted by Crippen LogP contribution is -2.17. The van der Waals surface area contributed by atoms with Crippen LogP contribution in [0.2, 0.25) is 0 Å². The molecule has 3 aromatic rings. The first-order valence-electron chi connectivity index (χ1n) is 8.57. The first-order valence-corrected chi connectivity index (χ1v) is 9.38. The Hall–Kier alpha value is -2.19. The van der Waals surface area contributed by atoms with Crippen molar-refractivity contribution in [1.82, 2.24) is 9.38 Å². The molecular weight excluding hydrogens is 377 g/mol. The second kappa shape index (κ2) is 6.45. The van der Waals surface area contributed by atoms with Gasteiger partial charge in [0.05, 0.1) is 11.3 Å². The Labute approximate surface area is 156 Å². The quantitative estimate of drug-likeness (QED) is 0.733. The van der Waals surface area contributed by atoms with Crippen LogP contribution in [0.25, 0.3) is 4.96 Å². The lowest BCUT2D eigenvalue weighted by molar-refractivity contribution is -0.137. The van der Waals surface area contributed by atoms with Gasteiger partial charge in [-0.25, -0.2) is 4.98 Å². The molecule has 2 atom stereocenters. The third-order valence-corrected chi connectivity index (χ3v) is 5.93. The van der Waals surface area contributed by atoms with Crippen LogP contribution >= 0.6 is 11.3 Å². The first-order chi connectivity index (χ1) is 12.8. The van der Waals surface area contributed by atoms with Gasteiger partial charge < -0.3 is 5.11 Å². The largest absolute Gasteiger partial charge is 0.416 e. The van der Waals surface area contributed by atoms with Crippen molar-refractivity contribution in [2.24, 2.45) is 5.92 Å². The molecule has 0 radical (unpaired) electrons. The Morgan fingerprint density at radius 1 is 1.30 bits per heavy atom. The summed E-state index contributed by atoms with van der Waals surface area (Å²) in [6.07, 6.45) is -3.21. The van der Waals surface area contributed by atoms with Gasteiger partial charge in [-0.15, -0.1) is 11.3 Å². The maximum absolute atomic E-state index is 12.7. The van der Waals surface area contributed by atoms with Gasteiger partial charge in [0.25, 0.3) is 5.56 Å². The summed E-state index contributed by atoms with van der Waals surface area (Å²) in [5.74, 6) is 0.379. The van der Waals surface area contributed by atoms with Gasteiger partial charge in [-0.05, 0) is 37.0 Å². The van der Waals surface area contributed by atoms with E-state index in [4.69, 9.17) is 0 Å². The van der Waals surface area contributed by atoms with Crippen LogP contribution in [0.15, 0.2) is 35.1 Å². The van der Waals surface area contributed by atoms with E-state index in [1.54, 1.807) is 4.40 Å². The first kappa shape index (κ1) is 18.2. The fraction of sp³-hybridized carbons (Fsp3) is 0.368. The van der Waals surface area contributed by atoms with E-state index in [2.05, 4.69) is 4.98 Å². The molecule has 0 aliphatic heterocycles. The molecule has 27 heavy (non-hydrogen) atoms. The molecule has 0 spiro atoms. The molecule has 1 N–H and O–H groups in total. The van der Waals surface area contributed by atoms with E-state index in [0.717, 1.165) is 29.1 Å². The van der Waals surface area contributed by atoms with Crippen molar-refractivity contribution in [2.45, 2.75) is 31.9 Å². The molecule has 4 nitrogen and oxygen atoms in total. The summed E-state index contributed by atoms with van der Waals surface area (Å²) >= 11 is 1.43. The van der Waals surface area contributed by atoms with Crippen LogP contribution in [-0.4, -0.2) is 21.1 Å². The van der Waals surface area contributed by atoms with Gasteiger partial charge in [-0.2, -0.15) is 13.2 Å². The lowest BCUT2D eigenvalue weighted by Gasteiger charge is -2.08. The summed E-state index contributed by atoms with van der Waals surface area (Å²) in [7, 11) is 0.